The van der Waals surface area contributed by atoms with Crippen molar-refractivity contribution >= 4 is 11.9 Å². The minimum absolute atomic E-state index is 0.0421. The van der Waals surface area contributed by atoms with Gasteiger partial charge in [0.05, 0.1) is 5.41 Å². The van der Waals surface area contributed by atoms with Crippen LogP contribution >= 0.6 is 0 Å². The SMILES string of the molecule is C[C@H]1C[C@H](C)CN(C(=O)[C@]23CC[C@](C)(C(=O)O2)C3(C)C)C1. The van der Waals surface area contributed by atoms with Crippen molar-refractivity contribution in [2.75, 3.05) is 13.1 Å². The monoisotopic (exact) mass is 293 g/mol. The first-order valence-electron chi connectivity index (χ1n) is 8.17. The van der Waals surface area contributed by atoms with Crippen LogP contribution in [0.5, 0.6) is 0 Å². The van der Waals surface area contributed by atoms with Gasteiger partial charge in [-0.2, -0.15) is 0 Å². The van der Waals surface area contributed by atoms with Crippen LogP contribution in [0.2, 0.25) is 0 Å². The molecule has 0 aromatic heterocycles. The van der Waals surface area contributed by atoms with Crippen LogP contribution < -0.4 is 0 Å². The normalized spacial score (nSPS) is 44.8. The lowest BCUT2D eigenvalue weighted by Gasteiger charge is -2.42. The van der Waals surface area contributed by atoms with E-state index in [-0.39, 0.29) is 11.9 Å². The van der Waals surface area contributed by atoms with Crippen LogP contribution in [0.15, 0.2) is 0 Å². The fraction of sp³-hybridized carbons (Fsp3) is 0.882. The summed E-state index contributed by atoms with van der Waals surface area (Å²) in [5.74, 6) is 0.884. The van der Waals surface area contributed by atoms with Crippen LogP contribution in [-0.4, -0.2) is 35.5 Å². The molecule has 0 aromatic carbocycles. The van der Waals surface area contributed by atoms with E-state index in [2.05, 4.69) is 13.8 Å². The molecule has 4 atom stereocenters. The topological polar surface area (TPSA) is 46.6 Å². The van der Waals surface area contributed by atoms with Crippen molar-refractivity contribution in [3.8, 4) is 0 Å². The third kappa shape index (κ3) is 1.68. The van der Waals surface area contributed by atoms with Gasteiger partial charge in [-0.1, -0.05) is 27.7 Å². The van der Waals surface area contributed by atoms with Crippen LogP contribution in [0.1, 0.15) is 53.9 Å². The Kier molecular flexibility index (Phi) is 3.00. The van der Waals surface area contributed by atoms with E-state index < -0.39 is 16.4 Å². The molecule has 0 radical (unpaired) electrons. The number of carbonyl (C=O) groups is 2. The number of esters is 1. The van der Waals surface area contributed by atoms with Gasteiger partial charge in [0.15, 0.2) is 5.60 Å². The molecule has 0 N–H and O–H groups in total. The molecular weight excluding hydrogens is 266 g/mol. The second-order valence-electron chi connectivity index (χ2n) is 8.33. The number of carbonyl (C=O) groups excluding carboxylic acids is 2. The smallest absolute Gasteiger partial charge is 0.313 e. The molecule has 4 nitrogen and oxygen atoms in total. The lowest BCUT2D eigenvalue weighted by Crippen LogP contribution is -2.57. The van der Waals surface area contributed by atoms with E-state index in [1.807, 2.05) is 25.7 Å². The van der Waals surface area contributed by atoms with Gasteiger partial charge in [-0.05, 0) is 38.0 Å². The second-order valence-corrected chi connectivity index (χ2v) is 8.33. The third-order valence-corrected chi connectivity index (χ3v) is 6.59. The van der Waals surface area contributed by atoms with Crippen molar-refractivity contribution in [2.45, 2.75) is 59.5 Å². The number of ether oxygens (including phenoxy) is 1. The van der Waals surface area contributed by atoms with Crippen molar-refractivity contribution in [3.63, 3.8) is 0 Å². The van der Waals surface area contributed by atoms with Crippen molar-refractivity contribution in [3.05, 3.63) is 0 Å². The summed E-state index contributed by atoms with van der Waals surface area (Å²) in [6, 6.07) is 0. The summed E-state index contributed by atoms with van der Waals surface area (Å²) in [4.78, 5) is 27.5. The van der Waals surface area contributed by atoms with E-state index in [4.69, 9.17) is 4.74 Å². The Morgan fingerprint density at radius 2 is 1.71 bits per heavy atom. The van der Waals surface area contributed by atoms with Gasteiger partial charge in [-0.3, -0.25) is 9.59 Å². The number of piperidine rings is 1. The van der Waals surface area contributed by atoms with Gasteiger partial charge in [-0.25, -0.2) is 0 Å². The quantitative estimate of drug-likeness (QED) is 0.698. The maximum Gasteiger partial charge on any atom is 0.313 e. The highest BCUT2D eigenvalue weighted by atomic mass is 16.6. The third-order valence-electron chi connectivity index (χ3n) is 6.59. The molecule has 21 heavy (non-hydrogen) atoms. The Bertz CT molecular complexity index is 490. The number of amides is 1. The van der Waals surface area contributed by atoms with E-state index >= 15 is 0 Å². The van der Waals surface area contributed by atoms with Crippen LogP contribution in [0.3, 0.4) is 0 Å². The van der Waals surface area contributed by atoms with Crippen LogP contribution in [0, 0.1) is 22.7 Å². The number of hydrogen-bond acceptors (Lipinski definition) is 3. The molecule has 118 valence electrons. The number of nitrogens with zero attached hydrogens (tertiary/aromatic N) is 1. The molecule has 1 saturated carbocycles. The largest absolute Gasteiger partial charge is 0.448 e. The molecule has 3 rings (SSSR count). The second kappa shape index (κ2) is 4.23. The minimum atomic E-state index is -0.935. The Balaban J connectivity index is 1.93. The van der Waals surface area contributed by atoms with Gasteiger partial charge >= 0.3 is 5.97 Å². The molecule has 3 aliphatic rings. The predicted molar refractivity (Wildman–Crippen MR) is 79.5 cm³/mol. The number of rotatable bonds is 1. The Morgan fingerprint density at radius 3 is 2.14 bits per heavy atom. The van der Waals surface area contributed by atoms with Crippen LogP contribution in [0.25, 0.3) is 0 Å². The average molecular weight is 293 g/mol. The van der Waals surface area contributed by atoms with Gasteiger partial charge < -0.3 is 9.64 Å². The zero-order valence-electron chi connectivity index (χ0n) is 13.9. The van der Waals surface area contributed by atoms with E-state index in [0.717, 1.165) is 25.9 Å². The van der Waals surface area contributed by atoms with Crippen LogP contribution in [0.4, 0.5) is 0 Å². The first-order chi connectivity index (χ1) is 9.64. The summed E-state index contributed by atoms with van der Waals surface area (Å²) in [6.07, 6.45) is 2.58. The summed E-state index contributed by atoms with van der Waals surface area (Å²) >= 11 is 0. The van der Waals surface area contributed by atoms with Crippen molar-refractivity contribution in [2.24, 2.45) is 22.7 Å². The Hall–Kier alpha value is -1.06. The molecular formula is C17H27NO3. The molecule has 3 fully saturated rings. The molecule has 1 amide bonds. The number of fused-ring (bicyclic) bond motifs is 2. The fourth-order valence-electron chi connectivity index (χ4n) is 4.81. The summed E-state index contributed by atoms with van der Waals surface area (Å²) < 4.78 is 5.72. The van der Waals surface area contributed by atoms with Gasteiger partial charge in [0.25, 0.3) is 5.91 Å². The van der Waals surface area contributed by atoms with E-state index in [1.54, 1.807) is 0 Å². The molecule has 0 spiro atoms. The highest BCUT2D eigenvalue weighted by molar-refractivity contribution is 5.96. The molecule has 2 saturated heterocycles. The summed E-state index contributed by atoms with van der Waals surface area (Å²) in [7, 11) is 0. The maximum atomic E-state index is 13.2. The van der Waals surface area contributed by atoms with E-state index in [9.17, 15) is 9.59 Å². The summed E-state index contributed by atoms with van der Waals surface area (Å²) in [5.41, 5.74) is -1.89. The predicted octanol–water partition coefficient (Wildman–Crippen LogP) is 2.61. The van der Waals surface area contributed by atoms with Gasteiger partial charge in [-0.15, -0.1) is 0 Å². The number of hydrogen-bond donors (Lipinski definition) is 0. The zero-order valence-corrected chi connectivity index (χ0v) is 13.9. The fourth-order valence-corrected chi connectivity index (χ4v) is 4.81. The zero-order chi connectivity index (χ0) is 15.6. The van der Waals surface area contributed by atoms with Crippen molar-refractivity contribution in [1.82, 2.24) is 4.90 Å². The highest BCUT2D eigenvalue weighted by Crippen LogP contribution is 2.66. The minimum Gasteiger partial charge on any atom is -0.448 e. The maximum absolute atomic E-state index is 13.2. The molecule has 2 heterocycles. The van der Waals surface area contributed by atoms with E-state index in [1.165, 1.54) is 0 Å². The summed E-state index contributed by atoms with van der Waals surface area (Å²) in [6.45, 7) is 12.0. The molecule has 2 aliphatic heterocycles. The highest BCUT2D eigenvalue weighted by Gasteiger charge is 2.76. The van der Waals surface area contributed by atoms with Gasteiger partial charge in [0, 0.05) is 18.5 Å². The summed E-state index contributed by atoms with van der Waals surface area (Å²) in [5, 5.41) is 0. The molecule has 4 heteroatoms. The number of likely N-dealkylation sites (tertiary alicyclic amines) is 1. The van der Waals surface area contributed by atoms with Gasteiger partial charge in [0.1, 0.15) is 0 Å². The Morgan fingerprint density at radius 1 is 1.14 bits per heavy atom. The first-order valence-corrected chi connectivity index (χ1v) is 8.17. The Labute approximate surface area is 127 Å². The standard InChI is InChI=1S/C17H27NO3/c1-11-8-12(2)10-18(9-11)13(19)17-7-6-16(5,14(20)21-17)15(17,3)4/h11-12H,6-10H2,1-5H3/t11-,12-,16+,17-/m0/s1. The lowest BCUT2D eigenvalue weighted by molar-refractivity contribution is -0.175. The van der Waals surface area contributed by atoms with E-state index in [0.29, 0.717) is 18.3 Å². The van der Waals surface area contributed by atoms with Crippen molar-refractivity contribution < 1.29 is 14.3 Å². The molecule has 2 bridgehead atoms. The molecule has 1 aliphatic carbocycles. The first kappa shape index (κ1) is 14.9. The lowest BCUT2D eigenvalue weighted by atomic mass is 9.66. The van der Waals surface area contributed by atoms with Crippen molar-refractivity contribution in [1.29, 1.82) is 0 Å². The molecule has 0 unspecified atom stereocenters. The average Bonchev–Trinajstić information content (AvgIpc) is 2.67. The van der Waals surface area contributed by atoms with Crippen LogP contribution in [-0.2, 0) is 14.3 Å². The van der Waals surface area contributed by atoms with Gasteiger partial charge in [0.2, 0.25) is 0 Å². The molecule has 0 aromatic rings.